The van der Waals surface area contributed by atoms with Crippen molar-refractivity contribution in [3.8, 4) is 5.75 Å². The Bertz CT molecular complexity index is 601. The molecule has 26 heavy (non-hydrogen) atoms. The fourth-order valence-corrected chi connectivity index (χ4v) is 3.90. The number of rotatable bonds is 4. The number of carbonyl (C=O) groups is 1. The second-order valence-electron chi connectivity index (χ2n) is 7.77. The Labute approximate surface area is 155 Å². The lowest BCUT2D eigenvalue weighted by atomic mass is 9.84. The van der Waals surface area contributed by atoms with Crippen molar-refractivity contribution in [2.45, 2.75) is 57.3 Å². The maximum atomic E-state index is 11.0. The molecule has 0 unspecified atom stereocenters. The van der Waals surface area contributed by atoms with Crippen LogP contribution in [0.25, 0.3) is 0 Å². The molecule has 2 N–H and O–H groups in total. The molecule has 2 saturated heterocycles. The highest BCUT2D eigenvalue weighted by atomic mass is 16.5. The molecule has 6 heteroatoms. The van der Waals surface area contributed by atoms with Crippen molar-refractivity contribution >= 4 is 6.09 Å². The van der Waals surface area contributed by atoms with Gasteiger partial charge in [-0.1, -0.05) is 12.1 Å². The molecule has 1 amide bonds. The van der Waals surface area contributed by atoms with Gasteiger partial charge in [0.15, 0.2) is 0 Å². The van der Waals surface area contributed by atoms with Crippen LogP contribution in [0.2, 0.25) is 0 Å². The van der Waals surface area contributed by atoms with E-state index < -0.39 is 11.7 Å². The van der Waals surface area contributed by atoms with Gasteiger partial charge in [-0.15, -0.1) is 0 Å². The zero-order chi connectivity index (χ0) is 18.7. The van der Waals surface area contributed by atoms with Crippen LogP contribution in [0.4, 0.5) is 4.79 Å². The van der Waals surface area contributed by atoms with Crippen molar-refractivity contribution in [2.75, 3.05) is 26.2 Å². The number of piperidine rings is 2. The summed E-state index contributed by atoms with van der Waals surface area (Å²) >= 11 is 0. The largest absolute Gasteiger partial charge is 0.490 e. The summed E-state index contributed by atoms with van der Waals surface area (Å²) in [5.41, 5.74) is -0.114. The molecule has 0 radical (unpaired) electrons. The van der Waals surface area contributed by atoms with Crippen LogP contribution in [-0.2, 0) is 5.60 Å². The Morgan fingerprint density at radius 3 is 2.19 bits per heavy atom. The van der Waals surface area contributed by atoms with Gasteiger partial charge in [0.2, 0.25) is 0 Å². The average molecular weight is 362 g/mol. The van der Waals surface area contributed by atoms with E-state index in [1.807, 2.05) is 24.3 Å². The quantitative estimate of drug-likeness (QED) is 0.862. The first-order valence-electron chi connectivity index (χ1n) is 9.59. The Balaban J connectivity index is 1.55. The number of ether oxygens (including phenoxy) is 1. The van der Waals surface area contributed by atoms with E-state index in [1.54, 1.807) is 0 Å². The van der Waals surface area contributed by atoms with Crippen molar-refractivity contribution in [3.05, 3.63) is 29.8 Å². The maximum absolute atomic E-state index is 11.0. The average Bonchev–Trinajstić information content (AvgIpc) is 2.63. The van der Waals surface area contributed by atoms with Gasteiger partial charge in [-0.2, -0.15) is 0 Å². The normalized spacial score (nSPS) is 21.8. The van der Waals surface area contributed by atoms with Crippen LogP contribution in [0, 0.1) is 0 Å². The monoisotopic (exact) mass is 362 g/mol. The summed E-state index contributed by atoms with van der Waals surface area (Å²) in [4.78, 5) is 14.8. The lowest BCUT2D eigenvalue weighted by Crippen LogP contribution is -2.44. The van der Waals surface area contributed by atoms with Crippen LogP contribution in [0.5, 0.6) is 5.75 Å². The van der Waals surface area contributed by atoms with Crippen molar-refractivity contribution in [2.24, 2.45) is 0 Å². The highest BCUT2D eigenvalue weighted by Crippen LogP contribution is 2.34. The van der Waals surface area contributed by atoms with Crippen molar-refractivity contribution < 1.29 is 19.7 Å². The second kappa shape index (κ2) is 7.84. The zero-order valence-electron chi connectivity index (χ0n) is 15.7. The third-order valence-corrected chi connectivity index (χ3v) is 5.76. The van der Waals surface area contributed by atoms with Gasteiger partial charge in [-0.25, -0.2) is 4.79 Å². The van der Waals surface area contributed by atoms with Crippen molar-refractivity contribution in [3.63, 3.8) is 0 Å². The topological polar surface area (TPSA) is 73.2 Å². The molecule has 2 heterocycles. The fraction of sp³-hybridized carbons (Fsp3) is 0.650. The second-order valence-corrected chi connectivity index (χ2v) is 7.77. The summed E-state index contributed by atoms with van der Waals surface area (Å²) in [5, 5.41) is 19.9. The van der Waals surface area contributed by atoms with Gasteiger partial charge in [0.25, 0.3) is 0 Å². The van der Waals surface area contributed by atoms with E-state index in [1.165, 1.54) is 4.90 Å². The molecule has 0 bridgehead atoms. The van der Waals surface area contributed by atoms with Crippen molar-refractivity contribution in [1.82, 2.24) is 9.80 Å². The van der Waals surface area contributed by atoms with E-state index in [4.69, 9.17) is 9.84 Å². The van der Waals surface area contributed by atoms with Crippen LogP contribution >= 0.6 is 0 Å². The predicted molar refractivity (Wildman–Crippen MR) is 99.5 cm³/mol. The first kappa shape index (κ1) is 19.0. The maximum Gasteiger partial charge on any atom is 0.407 e. The molecule has 1 aromatic carbocycles. The molecular formula is C20H30N2O4. The molecule has 0 spiro atoms. The number of nitrogens with zero attached hydrogens (tertiary/aromatic N) is 2. The summed E-state index contributed by atoms with van der Waals surface area (Å²) in [7, 11) is 0. The number of hydrogen-bond acceptors (Lipinski definition) is 4. The van der Waals surface area contributed by atoms with Crippen LogP contribution < -0.4 is 4.74 Å². The van der Waals surface area contributed by atoms with Crippen LogP contribution in [0.1, 0.15) is 45.1 Å². The Kier molecular flexibility index (Phi) is 5.73. The van der Waals surface area contributed by atoms with E-state index in [0.717, 1.165) is 37.2 Å². The minimum atomic E-state index is -0.951. The molecule has 1 aromatic rings. The standard InChI is InChI=1S/C20H30N2O4/c1-15(2)21-11-7-18(8-12-21)26-17-5-3-16(4-6-17)20(25)9-13-22(14-10-20)19(23)24/h3-6,15,18,25H,7-14H2,1-2H3,(H,23,24). The summed E-state index contributed by atoms with van der Waals surface area (Å²) in [6.45, 7) is 7.31. The lowest BCUT2D eigenvalue weighted by molar-refractivity contribution is -0.0213. The fourth-order valence-electron chi connectivity index (χ4n) is 3.90. The Morgan fingerprint density at radius 2 is 1.69 bits per heavy atom. The smallest absolute Gasteiger partial charge is 0.407 e. The van der Waals surface area contributed by atoms with Gasteiger partial charge in [0, 0.05) is 32.2 Å². The van der Waals surface area contributed by atoms with Gasteiger partial charge in [-0.3, -0.25) is 0 Å². The molecule has 6 nitrogen and oxygen atoms in total. The molecule has 3 rings (SSSR count). The van der Waals surface area contributed by atoms with Crippen LogP contribution in [0.3, 0.4) is 0 Å². The van der Waals surface area contributed by atoms with Gasteiger partial charge in [0.05, 0.1) is 5.60 Å². The number of likely N-dealkylation sites (tertiary alicyclic amines) is 2. The minimum absolute atomic E-state index is 0.248. The molecule has 0 atom stereocenters. The van der Waals surface area contributed by atoms with Gasteiger partial charge < -0.3 is 24.7 Å². The van der Waals surface area contributed by atoms with E-state index in [-0.39, 0.29) is 6.10 Å². The third-order valence-electron chi connectivity index (χ3n) is 5.76. The third kappa shape index (κ3) is 4.30. The molecule has 0 aliphatic carbocycles. The highest BCUT2D eigenvalue weighted by Gasteiger charge is 2.35. The van der Waals surface area contributed by atoms with E-state index in [2.05, 4.69) is 18.7 Å². The summed E-state index contributed by atoms with van der Waals surface area (Å²) in [5.74, 6) is 0.836. The van der Waals surface area contributed by atoms with E-state index in [9.17, 15) is 9.90 Å². The molecule has 144 valence electrons. The SMILES string of the molecule is CC(C)N1CCC(Oc2ccc(C3(O)CCN(C(=O)O)CC3)cc2)CC1. The number of carboxylic acid groups (broad SMARTS) is 1. The lowest BCUT2D eigenvalue weighted by Gasteiger charge is -2.37. The van der Waals surface area contributed by atoms with Crippen molar-refractivity contribution in [1.29, 1.82) is 0 Å². The molecule has 2 fully saturated rings. The Hall–Kier alpha value is -1.79. The minimum Gasteiger partial charge on any atom is -0.490 e. The van der Waals surface area contributed by atoms with Crippen LogP contribution in [-0.4, -0.2) is 64.4 Å². The van der Waals surface area contributed by atoms with Gasteiger partial charge in [0.1, 0.15) is 11.9 Å². The number of hydrogen-bond donors (Lipinski definition) is 2. The predicted octanol–water partition coefficient (Wildman–Crippen LogP) is 2.90. The molecular weight excluding hydrogens is 332 g/mol. The summed E-state index contributed by atoms with van der Waals surface area (Å²) < 4.78 is 6.11. The van der Waals surface area contributed by atoms with Gasteiger partial charge in [-0.05, 0) is 57.2 Å². The number of benzene rings is 1. The number of aliphatic hydroxyl groups is 1. The molecule has 2 aliphatic rings. The first-order valence-corrected chi connectivity index (χ1v) is 9.59. The molecule has 0 aromatic heterocycles. The van der Waals surface area contributed by atoms with E-state index >= 15 is 0 Å². The van der Waals surface area contributed by atoms with Crippen LogP contribution in [0.15, 0.2) is 24.3 Å². The Morgan fingerprint density at radius 1 is 1.12 bits per heavy atom. The van der Waals surface area contributed by atoms with E-state index in [0.29, 0.717) is 32.0 Å². The first-order chi connectivity index (χ1) is 12.4. The summed E-state index contributed by atoms with van der Waals surface area (Å²) in [6.07, 6.45) is 2.25. The summed E-state index contributed by atoms with van der Waals surface area (Å²) in [6, 6.07) is 8.25. The van der Waals surface area contributed by atoms with Gasteiger partial charge >= 0.3 is 6.09 Å². The number of amides is 1. The molecule has 2 aliphatic heterocycles. The highest BCUT2D eigenvalue weighted by molar-refractivity contribution is 5.65. The zero-order valence-corrected chi connectivity index (χ0v) is 15.7. The molecule has 0 saturated carbocycles.